The standard InChI is InChI=1S/C22H27Cl3N6O/c1-14(16-6-5-15(23)12-17(16)24)27-20-18(25)13-26-22(28-20)31-10-8-30(9-11-31)21(32)19-4-3-7-29(19)2/h5-6,12-14,19H,3-4,7-11H2,1-2H3,(H,26,27,28)/t14-,19-/m1/s1. The number of nitrogens with one attached hydrogen (secondary N) is 1. The second kappa shape index (κ2) is 10.00. The number of nitrogens with zero attached hydrogens (tertiary/aromatic N) is 5. The van der Waals surface area contributed by atoms with Gasteiger partial charge in [-0.25, -0.2) is 4.98 Å². The largest absolute Gasteiger partial charge is 0.362 e. The Morgan fingerprint density at radius 1 is 1.12 bits per heavy atom. The summed E-state index contributed by atoms with van der Waals surface area (Å²) in [6.07, 6.45) is 3.63. The highest BCUT2D eigenvalue weighted by molar-refractivity contribution is 6.35. The Morgan fingerprint density at radius 3 is 2.53 bits per heavy atom. The van der Waals surface area contributed by atoms with Gasteiger partial charge in [-0.05, 0) is 51.1 Å². The lowest BCUT2D eigenvalue weighted by atomic mass is 10.1. The van der Waals surface area contributed by atoms with Crippen LogP contribution in [0.15, 0.2) is 24.4 Å². The van der Waals surface area contributed by atoms with E-state index >= 15 is 0 Å². The van der Waals surface area contributed by atoms with Crippen LogP contribution in [0, 0.1) is 0 Å². The smallest absolute Gasteiger partial charge is 0.240 e. The Labute approximate surface area is 203 Å². The van der Waals surface area contributed by atoms with E-state index in [1.165, 1.54) is 0 Å². The maximum Gasteiger partial charge on any atom is 0.240 e. The van der Waals surface area contributed by atoms with E-state index in [-0.39, 0.29) is 18.0 Å². The van der Waals surface area contributed by atoms with Gasteiger partial charge in [0, 0.05) is 36.2 Å². The maximum absolute atomic E-state index is 12.8. The van der Waals surface area contributed by atoms with Crippen LogP contribution in [0.2, 0.25) is 15.1 Å². The van der Waals surface area contributed by atoms with E-state index in [4.69, 9.17) is 34.8 Å². The van der Waals surface area contributed by atoms with Gasteiger partial charge in [0.2, 0.25) is 11.9 Å². The predicted molar refractivity (Wildman–Crippen MR) is 130 cm³/mol. The minimum Gasteiger partial charge on any atom is -0.362 e. The second-order valence-electron chi connectivity index (χ2n) is 8.35. The average Bonchev–Trinajstić information content (AvgIpc) is 3.20. The molecule has 0 aliphatic carbocycles. The number of amides is 1. The first-order chi connectivity index (χ1) is 15.3. The van der Waals surface area contributed by atoms with Crippen molar-refractivity contribution in [1.82, 2.24) is 19.8 Å². The average molecular weight is 498 g/mol. The molecule has 1 aromatic carbocycles. The third-order valence-electron chi connectivity index (χ3n) is 6.19. The highest BCUT2D eigenvalue weighted by atomic mass is 35.5. The van der Waals surface area contributed by atoms with Gasteiger partial charge in [0.05, 0.1) is 18.3 Å². The molecule has 172 valence electrons. The van der Waals surface area contributed by atoms with E-state index in [9.17, 15) is 4.79 Å². The van der Waals surface area contributed by atoms with Gasteiger partial charge in [0.25, 0.3) is 0 Å². The van der Waals surface area contributed by atoms with Gasteiger partial charge in [-0.2, -0.15) is 4.98 Å². The van der Waals surface area contributed by atoms with Crippen LogP contribution < -0.4 is 10.2 Å². The van der Waals surface area contributed by atoms with Crippen molar-refractivity contribution in [1.29, 1.82) is 0 Å². The number of halogens is 3. The monoisotopic (exact) mass is 496 g/mol. The summed E-state index contributed by atoms with van der Waals surface area (Å²) in [6, 6.07) is 5.30. The molecular formula is C22H27Cl3N6O. The molecule has 2 aliphatic heterocycles. The second-order valence-corrected chi connectivity index (χ2v) is 9.60. The molecule has 1 aromatic heterocycles. The van der Waals surface area contributed by atoms with Gasteiger partial charge < -0.3 is 15.1 Å². The van der Waals surface area contributed by atoms with Gasteiger partial charge in [-0.1, -0.05) is 40.9 Å². The van der Waals surface area contributed by atoms with Crippen LogP contribution in [0.4, 0.5) is 11.8 Å². The molecule has 2 aliphatic rings. The zero-order chi connectivity index (χ0) is 22.8. The molecule has 0 unspecified atom stereocenters. The molecule has 3 heterocycles. The highest BCUT2D eigenvalue weighted by Crippen LogP contribution is 2.31. The van der Waals surface area contributed by atoms with Gasteiger partial charge in [0.1, 0.15) is 5.02 Å². The lowest BCUT2D eigenvalue weighted by Gasteiger charge is -2.37. The topological polar surface area (TPSA) is 64.6 Å². The Hall–Kier alpha value is -1.80. The number of hydrogen-bond donors (Lipinski definition) is 1. The summed E-state index contributed by atoms with van der Waals surface area (Å²) < 4.78 is 0. The number of likely N-dealkylation sites (N-methyl/N-ethyl adjacent to an activating group) is 1. The predicted octanol–water partition coefficient (Wildman–Crippen LogP) is 4.35. The van der Waals surface area contributed by atoms with Crippen LogP contribution in [0.25, 0.3) is 0 Å². The lowest BCUT2D eigenvalue weighted by molar-refractivity contribution is -0.135. The molecule has 1 N–H and O–H groups in total. The Balaban J connectivity index is 1.41. The summed E-state index contributed by atoms with van der Waals surface area (Å²) >= 11 is 18.7. The molecule has 2 fully saturated rings. The van der Waals surface area contributed by atoms with E-state index in [2.05, 4.69) is 25.1 Å². The van der Waals surface area contributed by atoms with Crippen molar-refractivity contribution in [3.05, 3.63) is 45.0 Å². The van der Waals surface area contributed by atoms with E-state index in [1.807, 2.05) is 24.9 Å². The van der Waals surface area contributed by atoms with Crippen molar-refractivity contribution in [3.8, 4) is 0 Å². The zero-order valence-corrected chi connectivity index (χ0v) is 20.5. The van der Waals surface area contributed by atoms with Crippen molar-refractivity contribution < 1.29 is 4.79 Å². The Bertz CT molecular complexity index is 982. The molecule has 4 rings (SSSR count). The van der Waals surface area contributed by atoms with Crippen molar-refractivity contribution in [2.24, 2.45) is 0 Å². The van der Waals surface area contributed by atoms with Gasteiger partial charge in [0.15, 0.2) is 5.82 Å². The molecule has 32 heavy (non-hydrogen) atoms. The number of aromatic nitrogens is 2. The summed E-state index contributed by atoms with van der Waals surface area (Å²) in [7, 11) is 2.03. The van der Waals surface area contributed by atoms with Crippen LogP contribution in [-0.4, -0.2) is 71.5 Å². The van der Waals surface area contributed by atoms with E-state index in [1.54, 1.807) is 18.3 Å². The Kier molecular flexibility index (Phi) is 7.30. The number of rotatable bonds is 5. The van der Waals surface area contributed by atoms with Crippen LogP contribution in [-0.2, 0) is 4.79 Å². The van der Waals surface area contributed by atoms with E-state index in [0.717, 1.165) is 24.9 Å². The third-order valence-corrected chi connectivity index (χ3v) is 7.03. The lowest BCUT2D eigenvalue weighted by Crippen LogP contribution is -2.53. The molecule has 2 atom stereocenters. The first-order valence-electron chi connectivity index (χ1n) is 10.8. The number of benzene rings is 1. The van der Waals surface area contributed by atoms with Crippen LogP contribution >= 0.6 is 34.8 Å². The SMILES string of the molecule is C[C@@H](Nc1nc(N2CCN(C(=O)[C@H]3CCCN3C)CC2)ncc1Cl)c1ccc(Cl)cc1Cl. The van der Waals surface area contributed by atoms with Crippen molar-refractivity contribution >= 4 is 52.5 Å². The summed E-state index contributed by atoms with van der Waals surface area (Å²) in [5.74, 6) is 1.37. The molecule has 0 spiro atoms. The molecular weight excluding hydrogens is 471 g/mol. The minimum absolute atomic E-state index is 0.0188. The number of anilines is 2. The summed E-state index contributed by atoms with van der Waals surface area (Å²) in [6.45, 7) is 5.66. The maximum atomic E-state index is 12.8. The minimum atomic E-state index is -0.127. The highest BCUT2D eigenvalue weighted by Gasteiger charge is 2.33. The molecule has 0 bridgehead atoms. The molecule has 0 saturated carbocycles. The fourth-order valence-corrected chi connectivity index (χ4v) is 5.02. The quantitative estimate of drug-likeness (QED) is 0.662. The number of piperazine rings is 1. The molecule has 2 saturated heterocycles. The summed E-state index contributed by atoms with van der Waals surface area (Å²) in [4.78, 5) is 28.1. The molecule has 0 radical (unpaired) electrons. The van der Waals surface area contributed by atoms with Gasteiger partial charge in [-0.15, -0.1) is 0 Å². The molecule has 10 heteroatoms. The first-order valence-corrected chi connectivity index (χ1v) is 11.9. The van der Waals surface area contributed by atoms with E-state index in [0.29, 0.717) is 53.0 Å². The first kappa shape index (κ1) is 23.4. The van der Waals surface area contributed by atoms with Crippen molar-refractivity contribution in [3.63, 3.8) is 0 Å². The Morgan fingerprint density at radius 2 is 1.88 bits per heavy atom. The molecule has 2 aromatic rings. The number of carbonyl (C=O) groups excluding carboxylic acids is 1. The fraction of sp³-hybridized carbons (Fsp3) is 0.500. The van der Waals surface area contributed by atoms with Crippen molar-refractivity contribution in [2.45, 2.75) is 31.8 Å². The van der Waals surface area contributed by atoms with Gasteiger partial charge >= 0.3 is 0 Å². The third kappa shape index (κ3) is 5.06. The normalized spacial score (nSPS) is 20.5. The number of likely N-dealkylation sites (tertiary alicyclic amines) is 1. The van der Waals surface area contributed by atoms with E-state index < -0.39 is 0 Å². The zero-order valence-electron chi connectivity index (χ0n) is 18.2. The summed E-state index contributed by atoms with van der Waals surface area (Å²) in [5, 5.41) is 4.93. The fourth-order valence-electron chi connectivity index (χ4n) is 4.31. The number of hydrogen-bond acceptors (Lipinski definition) is 6. The molecule has 7 nitrogen and oxygen atoms in total. The van der Waals surface area contributed by atoms with Gasteiger partial charge in [-0.3, -0.25) is 9.69 Å². The van der Waals surface area contributed by atoms with Crippen LogP contribution in [0.1, 0.15) is 31.4 Å². The summed E-state index contributed by atoms with van der Waals surface area (Å²) in [5.41, 5.74) is 0.899. The van der Waals surface area contributed by atoms with Crippen LogP contribution in [0.5, 0.6) is 0 Å². The number of carbonyl (C=O) groups is 1. The van der Waals surface area contributed by atoms with Crippen LogP contribution in [0.3, 0.4) is 0 Å². The molecule has 1 amide bonds. The van der Waals surface area contributed by atoms with Crippen molar-refractivity contribution in [2.75, 3.05) is 50.0 Å².